The molecule has 0 amide bonds. The molecule has 0 radical (unpaired) electrons. The first-order chi connectivity index (χ1) is 8.88. The normalized spacial score (nSPS) is 19.5. The lowest BCUT2D eigenvalue weighted by molar-refractivity contribution is 0.340. The van der Waals surface area contributed by atoms with Crippen molar-refractivity contribution in [1.82, 2.24) is 10.2 Å². The minimum Gasteiger partial charge on any atom is -0.306 e. The van der Waals surface area contributed by atoms with Crippen LogP contribution in [0.1, 0.15) is 18.9 Å². The number of benzene rings is 1. The Labute approximate surface area is 110 Å². The summed E-state index contributed by atoms with van der Waals surface area (Å²) in [7, 11) is 0. The lowest BCUT2D eigenvalue weighted by atomic mass is 10.1. The number of rotatable bonds is 4. The molecule has 1 aliphatic rings. The summed E-state index contributed by atoms with van der Waals surface area (Å²) in [6.45, 7) is 7.82. The predicted octanol–water partition coefficient (Wildman–Crippen LogP) is 1.97. The molecule has 18 heavy (non-hydrogen) atoms. The Hall–Kier alpha value is -1.30. The maximum atomic E-state index is 3.44. The molecule has 1 heterocycles. The predicted molar refractivity (Wildman–Crippen MR) is 76.4 cm³/mol. The third-order valence-electron chi connectivity index (χ3n) is 3.47. The smallest absolute Gasteiger partial charge is 0.0580 e. The monoisotopic (exact) mass is 242 g/mol. The zero-order valence-electron chi connectivity index (χ0n) is 11.2. The van der Waals surface area contributed by atoms with E-state index in [0.29, 0.717) is 0 Å². The SMILES string of the molecule is CCN1CCC(CNCC#Cc2ccccc2)C1. The van der Waals surface area contributed by atoms with Crippen molar-refractivity contribution in [3.63, 3.8) is 0 Å². The van der Waals surface area contributed by atoms with Crippen LogP contribution >= 0.6 is 0 Å². The van der Waals surface area contributed by atoms with Crippen molar-refractivity contribution in [2.75, 3.05) is 32.7 Å². The Kier molecular flexibility index (Phi) is 5.26. The van der Waals surface area contributed by atoms with Crippen molar-refractivity contribution < 1.29 is 0 Å². The van der Waals surface area contributed by atoms with Crippen molar-refractivity contribution >= 4 is 0 Å². The molecule has 0 spiro atoms. The highest BCUT2D eigenvalue weighted by Crippen LogP contribution is 2.14. The molecule has 1 N–H and O–H groups in total. The van der Waals surface area contributed by atoms with Gasteiger partial charge in [0.15, 0.2) is 0 Å². The van der Waals surface area contributed by atoms with Gasteiger partial charge in [0, 0.05) is 18.7 Å². The van der Waals surface area contributed by atoms with Gasteiger partial charge >= 0.3 is 0 Å². The van der Waals surface area contributed by atoms with Gasteiger partial charge in [-0.1, -0.05) is 37.0 Å². The molecule has 1 aromatic rings. The van der Waals surface area contributed by atoms with E-state index >= 15 is 0 Å². The molecule has 1 aliphatic heterocycles. The molecule has 0 aliphatic carbocycles. The van der Waals surface area contributed by atoms with Crippen molar-refractivity contribution in [1.29, 1.82) is 0 Å². The summed E-state index contributed by atoms with van der Waals surface area (Å²) in [6, 6.07) is 10.2. The van der Waals surface area contributed by atoms with E-state index in [-0.39, 0.29) is 0 Å². The molecular formula is C16H22N2. The number of hydrogen-bond acceptors (Lipinski definition) is 2. The lowest BCUT2D eigenvalue weighted by Gasteiger charge is -2.12. The van der Waals surface area contributed by atoms with Crippen molar-refractivity contribution in [3.05, 3.63) is 35.9 Å². The molecular weight excluding hydrogens is 220 g/mol. The standard InChI is InChI=1S/C16H22N2/c1-2-18-12-10-16(14-18)13-17-11-6-9-15-7-4-3-5-8-15/h3-5,7-8,16-17H,2,10-14H2,1H3. The Bertz CT molecular complexity index is 402. The molecule has 0 saturated carbocycles. The highest BCUT2D eigenvalue weighted by Gasteiger charge is 2.19. The number of nitrogens with one attached hydrogen (secondary N) is 1. The fourth-order valence-electron chi connectivity index (χ4n) is 2.37. The van der Waals surface area contributed by atoms with Crippen LogP contribution < -0.4 is 5.32 Å². The van der Waals surface area contributed by atoms with Gasteiger partial charge in [-0.25, -0.2) is 0 Å². The Morgan fingerprint density at radius 1 is 1.33 bits per heavy atom. The summed E-state index contributed by atoms with van der Waals surface area (Å²) < 4.78 is 0. The fraction of sp³-hybridized carbons (Fsp3) is 0.500. The van der Waals surface area contributed by atoms with Gasteiger partial charge in [-0.05, 0) is 37.6 Å². The molecule has 2 heteroatoms. The van der Waals surface area contributed by atoms with Crippen LogP contribution in [-0.4, -0.2) is 37.6 Å². The summed E-state index contributed by atoms with van der Waals surface area (Å²) in [5.41, 5.74) is 1.09. The number of nitrogens with zero attached hydrogens (tertiary/aromatic N) is 1. The molecule has 0 bridgehead atoms. The molecule has 2 rings (SSSR count). The van der Waals surface area contributed by atoms with E-state index in [9.17, 15) is 0 Å². The van der Waals surface area contributed by atoms with E-state index in [1.807, 2.05) is 30.3 Å². The quantitative estimate of drug-likeness (QED) is 0.641. The van der Waals surface area contributed by atoms with E-state index in [1.165, 1.54) is 26.1 Å². The van der Waals surface area contributed by atoms with E-state index in [2.05, 4.69) is 29.0 Å². The van der Waals surface area contributed by atoms with Crippen LogP contribution in [0.15, 0.2) is 30.3 Å². The van der Waals surface area contributed by atoms with Crippen LogP contribution in [0.2, 0.25) is 0 Å². The van der Waals surface area contributed by atoms with Crippen molar-refractivity contribution in [3.8, 4) is 11.8 Å². The van der Waals surface area contributed by atoms with Crippen LogP contribution in [0.5, 0.6) is 0 Å². The summed E-state index contributed by atoms with van der Waals surface area (Å²) in [5, 5.41) is 3.44. The summed E-state index contributed by atoms with van der Waals surface area (Å²) >= 11 is 0. The second-order valence-corrected chi connectivity index (χ2v) is 4.85. The van der Waals surface area contributed by atoms with Crippen LogP contribution in [0.4, 0.5) is 0 Å². The molecule has 1 fully saturated rings. The Morgan fingerprint density at radius 3 is 2.89 bits per heavy atom. The largest absolute Gasteiger partial charge is 0.306 e. The van der Waals surface area contributed by atoms with E-state index in [1.54, 1.807) is 0 Å². The molecule has 1 unspecified atom stereocenters. The van der Waals surface area contributed by atoms with Crippen molar-refractivity contribution in [2.45, 2.75) is 13.3 Å². The van der Waals surface area contributed by atoms with Gasteiger partial charge in [0.05, 0.1) is 6.54 Å². The molecule has 1 atom stereocenters. The second-order valence-electron chi connectivity index (χ2n) is 4.85. The third-order valence-corrected chi connectivity index (χ3v) is 3.47. The van der Waals surface area contributed by atoms with Crippen LogP contribution in [0, 0.1) is 17.8 Å². The highest BCUT2D eigenvalue weighted by molar-refractivity contribution is 5.33. The zero-order chi connectivity index (χ0) is 12.6. The fourth-order valence-corrected chi connectivity index (χ4v) is 2.37. The molecule has 1 aromatic carbocycles. The Morgan fingerprint density at radius 2 is 2.17 bits per heavy atom. The summed E-state index contributed by atoms with van der Waals surface area (Å²) in [6.07, 6.45) is 1.33. The second kappa shape index (κ2) is 7.20. The lowest BCUT2D eigenvalue weighted by Crippen LogP contribution is -2.26. The first-order valence-corrected chi connectivity index (χ1v) is 6.85. The molecule has 2 nitrogen and oxygen atoms in total. The zero-order valence-corrected chi connectivity index (χ0v) is 11.2. The van der Waals surface area contributed by atoms with Crippen LogP contribution in [0.3, 0.4) is 0 Å². The van der Waals surface area contributed by atoms with Gasteiger partial charge < -0.3 is 10.2 Å². The van der Waals surface area contributed by atoms with E-state index in [0.717, 1.165) is 24.6 Å². The van der Waals surface area contributed by atoms with Crippen LogP contribution in [-0.2, 0) is 0 Å². The summed E-state index contributed by atoms with van der Waals surface area (Å²) in [4.78, 5) is 2.52. The van der Waals surface area contributed by atoms with Gasteiger partial charge in [0.25, 0.3) is 0 Å². The van der Waals surface area contributed by atoms with Crippen LogP contribution in [0.25, 0.3) is 0 Å². The molecule has 96 valence electrons. The van der Waals surface area contributed by atoms with Gasteiger partial charge in [-0.15, -0.1) is 0 Å². The third kappa shape index (κ3) is 4.18. The number of hydrogen-bond donors (Lipinski definition) is 1. The maximum absolute atomic E-state index is 3.44. The maximum Gasteiger partial charge on any atom is 0.0580 e. The van der Waals surface area contributed by atoms with Gasteiger partial charge in [-0.2, -0.15) is 0 Å². The summed E-state index contributed by atoms with van der Waals surface area (Å²) in [5.74, 6) is 7.15. The molecule has 1 saturated heterocycles. The topological polar surface area (TPSA) is 15.3 Å². The molecule has 0 aromatic heterocycles. The minimum atomic E-state index is 0.789. The first kappa shape index (κ1) is 13.1. The first-order valence-electron chi connectivity index (χ1n) is 6.85. The van der Waals surface area contributed by atoms with E-state index < -0.39 is 0 Å². The minimum absolute atomic E-state index is 0.789. The number of likely N-dealkylation sites (tertiary alicyclic amines) is 1. The van der Waals surface area contributed by atoms with E-state index in [4.69, 9.17) is 0 Å². The van der Waals surface area contributed by atoms with Gasteiger partial charge in [0.1, 0.15) is 0 Å². The average Bonchev–Trinajstić information content (AvgIpc) is 2.87. The Balaban J connectivity index is 1.64. The highest BCUT2D eigenvalue weighted by atomic mass is 15.1. The average molecular weight is 242 g/mol. The van der Waals surface area contributed by atoms with Gasteiger partial charge in [-0.3, -0.25) is 0 Å². The van der Waals surface area contributed by atoms with Crippen molar-refractivity contribution in [2.24, 2.45) is 5.92 Å². The van der Waals surface area contributed by atoms with Gasteiger partial charge in [0.2, 0.25) is 0 Å².